The number of ether oxygens (including phenoxy) is 1. The maximum atomic E-state index is 13.4. The molecule has 2 N–H and O–H groups in total. The van der Waals surface area contributed by atoms with Crippen LogP contribution in [-0.4, -0.2) is 0 Å². The van der Waals surface area contributed by atoms with Crippen molar-refractivity contribution in [3.8, 4) is 5.75 Å². The summed E-state index contributed by atoms with van der Waals surface area (Å²) in [5, 5.41) is 0.0995. The molecule has 0 aliphatic carbocycles. The van der Waals surface area contributed by atoms with E-state index in [1.165, 1.54) is 6.07 Å². The summed E-state index contributed by atoms with van der Waals surface area (Å²) < 4.78 is 19.1. The van der Waals surface area contributed by atoms with Gasteiger partial charge in [0.2, 0.25) is 0 Å². The Morgan fingerprint density at radius 2 is 2.05 bits per heavy atom. The molecule has 20 heavy (non-hydrogen) atoms. The molecule has 2 aromatic rings. The molecule has 0 fully saturated rings. The lowest BCUT2D eigenvalue weighted by Crippen LogP contribution is -2.08. The van der Waals surface area contributed by atoms with Crippen LogP contribution in [0.4, 0.5) is 4.39 Å². The third-order valence-electron chi connectivity index (χ3n) is 3.07. The summed E-state index contributed by atoms with van der Waals surface area (Å²) in [4.78, 5) is 0. The summed E-state index contributed by atoms with van der Waals surface area (Å²) in [5.74, 6) is 0.268. The van der Waals surface area contributed by atoms with Crippen LogP contribution < -0.4 is 10.5 Å². The van der Waals surface area contributed by atoms with Crippen molar-refractivity contribution in [2.75, 3.05) is 0 Å². The molecule has 0 amide bonds. The molecule has 1 atom stereocenters. The first kappa shape index (κ1) is 14.8. The first-order valence-electron chi connectivity index (χ1n) is 6.41. The standard InChI is InChI=1S/C16H17ClFNO/c1-10-6-7-13(11(2)19)15(8-10)20-9-12-4-3-5-14(18)16(12)17/h3-8,11H,9,19H2,1-2H3/t11-/m1/s1. The van der Waals surface area contributed by atoms with Gasteiger partial charge in [0, 0.05) is 17.2 Å². The Morgan fingerprint density at radius 3 is 2.75 bits per heavy atom. The highest BCUT2D eigenvalue weighted by Crippen LogP contribution is 2.27. The van der Waals surface area contributed by atoms with Crippen LogP contribution in [0.2, 0.25) is 5.02 Å². The van der Waals surface area contributed by atoms with E-state index >= 15 is 0 Å². The fourth-order valence-electron chi connectivity index (χ4n) is 1.96. The van der Waals surface area contributed by atoms with Crippen molar-refractivity contribution in [1.82, 2.24) is 0 Å². The van der Waals surface area contributed by atoms with Crippen LogP contribution in [0.3, 0.4) is 0 Å². The third-order valence-corrected chi connectivity index (χ3v) is 3.50. The highest BCUT2D eigenvalue weighted by atomic mass is 35.5. The number of halogens is 2. The van der Waals surface area contributed by atoms with Gasteiger partial charge >= 0.3 is 0 Å². The highest BCUT2D eigenvalue weighted by Gasteiger charge is 2.11. The van der Waals surface area contributed by atoms with Gasteiger partial charge in [-0.05, 0) is 31.5 Å². The monoisotopic (exact) mass is 293 g/mol. The molecule has 4 heteroatoms. The van der Waals surface area contributed by atoms with Gasteiger partial charge < -0.3 is 10.5 Å². The summed E-state index contributed by atoms with van der Waals surface area (Å²) in [7, 11) is 0. The molecule has 0 saturated carbocycles. The predicted molar refractivity (Wildman–Crippen MR) is 79.5 cm³/mol. The van der Waals surface area contributed by atoms with E-state index in [1.54, 1.807) is 12.1 Å². The normalized spacial score (nSPS) is 12.2. The van der Waals surface area contributed by atoms with E-state index < -0.39 is 5.82 Å². The molecule has 0 aromatic heterocycles. The zero-order valence-electron chi connectivity index (χ0n) is 11.5. The van der Waals surface area contributed by atoms with E-state index in [9.17, 15) is 4.39 Å². The molecular weight excluding hydrogens is 277 g/mol. The van der Waals surface area contributed by atoms with E-state index in [0.29, 0.717) is 11.3 Å². The van der Waals surface area contributed by atoms with Gasteiger partial charge in [-0.25, -0.2) is 4.39 Å². The van der Waals surface area contributed by atoms with E-state index in [1.807, 2.05) is 32.0 Å². The van der Waals surface area contributed by atoms with Crippen molar-refractivity contribution in [3.05, 3.63) is 63.9 Å². The second-order valence-corrected chi connectivity index (χ2v) is 5.21. The minimum atomic E-state index is -0.440. The summed E-state index contributed by atoms with van der Waals surface area (Å²) >= 11 is 5.91. The van der Waals surface area contributed by atoms with Gasteiger partial charge in [-0.3, -0.25) is 0 Å². The van der Waals surface area contributed by atoms with E-state index in [0.717, 1.165) is 11.1 Å². The Morgan fingerprint density at radius 1 is 1.30 bits per heavy atom. The predicted octanol–water partition coefficient (Wildman–Crippen LogP) is 4.39. The van der Waals surface area contributed by atoms with Crippen LogP contribution in [0.1, 0.15) is 29.7 Å². The van der Waals surface area contributed by atoms with Crippen molar-refractivity contribution < 1.29 is 9.13 Å². The Balaban J connectivity index is 2.22. The van der Waals surface area contributed by atoms with E-state index in [2.05, 4.69) is 0 Å². The van der Waals surface area contributed by atoms with Crippen LogP contribution in [0.25, 0.3) is 0 Å². The van der Waals surface area contributed by atoms with Crippen LogP contribution in [-0.2, 0) is 6.61 Å². The maximum absolute atomic E-state index is 13.4. The second kappa shape index (κ2) is 6.25. The third kappa shape index (κ3) is 3.30. The minimum Gasteiger partial charge on any atom is -0.488 e. The molecule has 2 rings (SSSR count). The number of aryl methyl sites for hydroxylation is 1. The van der Waals surface area contributed by atoms with Crippen LogP contribution >= 0.6 is 11.6 Å². The van der Waals surface area contributed by atoms with Crippen molar-refractivity contribution in [1.29, 1.82) is 0 Å². The Labute approximate surface area is 123 Å². The lowest BCUT2D eigenvalue weighted by Gasteiger charge is -2.15. The van der Waals surface area contributed by atoms with Gasteiger partial charge in [-0.15, -0.1) is 0 Å². The molecule has 0 radical (unpaired) electrons. The van der Waals surface area contributed by atoms with Crippen LogP contribution in [0.15, 0.2) is 36.4 Å². The SMILES string of the molecule is Cc1ccc([C@@H](C)N)c(OCc2cccc(F)c2Cl)c1. The molecule has 0 heterocycles. The van der Waals surface area contributed by atoms with Gasteiger partial charge in [-0.1, -0.05) is 35.9 Å². The maximum Gasteiger partial charge on any atom is 0.142 e. The van der Waals surface area contributed by atoms with E-state index in [-0.39, 0.29) is 17.7 Å². The average molecular weight is 294 g/mol. The number of rotatable bonds is 4. The van der Waals surface area contributed by atoms with Gasteiger partial charge in [0.05, 0.1) is 5.02 Å². The van der Waals surface area contributed by atoms with Crippen molar-refractivity contribution in [2.24, 2.45) is 5.73 Å². The quantitative estimate of drug-likeness (QED) is 0.907. The minimum absolute atomic E-state index is 0.0995. The van der Waals surface area contributed by atoms with Crippen LogP contribution in [0, 0.1) is 12.7 Å². The molecule has 2 nitrogen and oxygen atoms in total. The molecule has 106 valence electrons. The zero-order valence-corrected chi connectivity index (χ0v) is 12.2. The molecule has 0 spiro atoms. The van der Waals surface area contributed by atoms with Crippen molar-refractivity contribution in [2.45, 2.75) is 26.5 Å². The number of hydrogen-bond donors (Lipinski definition) is 1. The number of benzene rings is 2. The smallest absolute Gasteiger partial charge is 0.142 e. The number of hydrogen-bond acceptors (Lipinski definition) is 2. The largest absolute Gasteiger partial charge is 0.488 e. The summed E-state index contributed by atoms with van der Waals surface area (Å²) in [6.45, 7) is 4.08. The molecule has 2 aromatic carbocycles. The Hall–Kier alpha value is -1.58. The zero-order chi connectivity index (χ0) is 14.7. The lowest BCUT2D eigenvalue weighted by atomic mass is 10.1. The average Bonchev–Trinajstić information content (AvgIpc) is 2.40. The molecule has 0 aliphatic heterocycles. The first-order valence-corrected chi connectivity index (χ1v) is 6.78. The first-order chi connectivity index (χ1) is 9.49. The summed E-state index contributed by atoms with van der Waals surface area (Å²) in [5.41, 5.74) is 8.53. The molecular formula is C16H17ClFNO. The Kier molecular flexibility index (Phi) is 4.63. The fraction of sp³-hybridized carbons (Fsp3) is 0.250. The van der Waals surface area contributed by atoms with Gasteiger partial charge in [0.25, 0.3) is 0 Å². The lowest BCUT2D eigenvalue weighted by molar-refractivity contribution is 0.301. The van der Waals surface area contributed by atoms with Gasteiger partial charge in [-0.2, -0.15) is 0 Å². The second-order valence-electron chi connectivity index (χ2n) is 4.83. The topological polar surface area (TPSA) is 35.2 Å². The summed E-state index contributed by atoms with van der Waals surface area (Å²) in [6.07, 6.45) is 0. The van der Waals surface area contributed by atoms with Crippen molar-refractivity contribution >= 4 is 11.6 Å². The fourth-order valence-corrected chi connectivity index (χ4v) is 2.14. The van der Waals surface area contributed by atoms with Crippen LogP contribution in [0.5, 0.6) is 5.75 Å². The van der Waals surface area contributed by atoms with Gasteiger partial charge in [0.1, 0.15) is 18.2 Å². The molecule has 0 unspecified atom stereocenters. The Bertz CT molecular complexity index is 613. The molecule has 0 aliphatic rings. The molecule has 0 saturated heterocycles. The highest BCUT2D eigenvalue weighted by molar-refractivity contribution is 6.31. The van der Waals surface area contributed by atoms with Gasteiger partial charge in [0.15, 0.2) is 0 Å². The number of nitrogens with two attached hydrogens (primary N) is 1. The molecule has 0 bridgehead atoms. The van der Waals surface area contributed by atoms with Crippen molar-refractivity contribution in [3.63, 3.8) is 0 Å². The van der Waals surface area contributed by atoms with E-state index in [4.69, 9.17) is 22.1 Å². The summed E-state index contributed by atoms with van der Waals surface area (Å²) in [6, 6.07) is 10.4.